The summed E-state index contributed by atoms with van der Waals surface area (Å²) >= 11 is 0. The molecule has 118 valence electrons. The molecule has 1 heterocycles. The second-order valence-electron chi connectivity index (χ2n) is 5.62. The molecule has 8 nitrogen and oxygen atoms in total. The Kier molecular flexibility index (Phi) is 3.38. The van der Waals surface area contributed by atoms with Gasteiger partial charge in [0.2, 0.25) is 0 Å². The van der Waals surface area contributed by atoms with Crippen molar-refractivity contribution in [2.45, 2.75) is 18.6 Å². The van der Waals surface area contributed by atoms with E-state index >= 15 is 0 Å². The first-order valence-electron chi connectivity index (χ1n) is 6.86. The van der Waals surface area contributed by atoms with Gasteiger partial charge in [0.25, 0.3) is 0 Å². The average molecular weight is 310 g/mol. The van der Waals surface area contributed by atoms with Crippen LogP contribution in [-0.4, -0.2) is 47.8 Å². The van der Waals surface area contributed by atoms with Crippen LogP contribution >= 0.6 is 0 Å². The molecule has 2 saturated carbocycles. The molecule has 6 atom stereocenters. The van der Waals surface area contributed by atoms with E-state index < -0.39 is 60.4 Å². The molecule has 1 N–H and O–H groups in total. The molecule has 2 aliphatic carbocycles. The Hall–Kier alpha value is -2.38. The summed E-state index contributed by atoms with van der Waals surface area (Å²) in [5.74, 6) is -5.44. The first-order valence-corrected chi connectivity index (χ1v) is 6.86. The normalized spacial score (nSPS) is 37.5. The zero-order chi connectivity index (χ0) is 16.0. The summed E-state index contributed by atoms with van der Waals surface area (Å²) in [7, 11) is 0. The third-order valence-corrected chi connectivity index (χ3v) is 4.60. The molecule has 8 heteroatoms. The Morgan fingerprint density at radius 3 is 2.73 bits per heavy atom. The van der Waals surface area contributed by atoms with Crippen molar-refractivity contribution in [1.82, 2.24) is 0 Å². The summed E-state index contributed by atoms with van der Waals surface area (Å²) in [6.07, 6.45) is -0.0160. The Morgan fingerprint density at radius 1 is 1.36 bits per heavy atom. The number of fused-ring (bicyclic) bond motifs is 1. The van der Waals surface area contributed by atoms with Crippen LogP contribution in [0, 0.1) is 23.7 Å². The van der Waals surface area contributed by atoms with Crippen LogP contribution in [0.3, 0.4) is 0 Å². The lowest BCUT2D eigenvalue weighted by Crippen LogP contribution is -2.43. The van der Waals surface area contributed by atoms with Crippen LogP contribution in [0.25, 0.3) is 0 Å². The predicted molar refractivity (Wildman–Crippen MR) is 67.1 cm³/mol. The zero-order valence-corrected chi connectivity index (χ0v) is 11.5. The van der Waals surface area contributed by atoms with Gasteiger partial charge in [-0.25, -0.2) is 9.59 Å². The maximum atomic E-state index is 11.8. The first-order chi connectivity index (χ1) is 10.4. The SMILES string of the molecule is C=CC(=O)OCC(=O)OC1C2CC3C1OC(=O)C3C2C(=O)O. The quantitative estimate of drug-likeness (QED) is 0.411. The van der Waals surface area contributed by atoms with Crippen molar-refractivity contribution in [2.75, 3.05) is 6.61 Å². The van der Waals surface area contributed by atoms with Crippen molar-refractivity contribution in [3.05, 3.63) is 12.7 Å². The molecular formula is C14H14O8. The number of hydrogen-bond donors (Lipinski definition) is 1. The van der Waals surface area contributed by atoms with Crippen molar-refractivity contribution < 1.29 is 38.5 Å². The highest BCUT2D eigenvalue weighted by Crippen LogP contribution is 2.58. The van der Waals surface area contributed by atoms with Gasteiger partial charge in [-0.2, -0.15) is 0 Å². The second-order valence-corrected chi connectivity index (χ2v) is 5.62. The molecular weight excluding hydrogens is 296 g/mol. The second kappa shape index (κ2) is 5.11. The maximum absolute atomic E-state index is 11.8. The molecule has 3 aliphatic rings. The van der Waals surface area contributed by atoms with E-state index in [-0.39, 0.29) is 5.92 Å². The number of esters is 3. The first kappa shape index (κ1) is 14.6. The molecule has 1 aliphatic heterocycles. The monoisotopic (exact) mass is 310 g/mol. The topological polar surface area (TPSA) is 116 Å². The highest BCUT2D eigenvalue weighted by molar-refractivity contribution is 5.86. The summed E-state index contributed by atoms with van der Waals surface area (Å²) in [5.41, 5.74) is 0. The Bertz CT molecular complexity index is 567. The lowest BCUT2D eigenvalue weighted by molar-refractivity contribution is -0.170. The van der Waals surface area contributed by atoms with Gasteiger partial charge in [-0.1, -0.05) is 6.58 Å². The molecule has 22 heavy (non-hydrogen) atoms. The maximum Gasteiger partial charge on any atom is 0.344 e. The molecule has 3 fully saturated rings. The van der Waals surface area contributed by atoms with Crippen LogP contribution in [0.4, 0.5) is 0 Å². The van der Waals surface area contributed by atoms with Crippen LogP contribution in [-0.2, 0) is 33.4 Å². The van der Waals surface area contributed by atoms with E-state index in [0.29, 0.717) is 6.42 Å². The van der Waals surface area contributed by atoms with Crippen LogP contribution in [0.5, 0.6) is 0 Å². The highest BCUT2D eigenvalue weighted by Gasteiger charge is 2.69. The van der Waals surface area contributed by atoms with E-state index in [9.17, 15) is 24.3 Å². The number of hydrogen-bond acceptors (Lipinski definition) is 7. The van der Waals surface area contributed by atoms with Crippen molar-refractivity contribution in [1.29, 1.82) is 0 Å². The summed E-state index contributed by atoms with van der Waals surface area (Å²) in [6, 6.07) is 0. The third kappa shape index (κ3) is 2.06. The van der Waals surface area contributed by atoms with E-state index in [0.717, 1.165) is 6.08 Å². The van der Waals surface area contributed by atoms with Crippen LogP contribution in [0.1, 0.15) is 6.42 Å². The fraction of sp³-hybridized carbons (Fsp3) is 0.571. The van der Waals surface area contributed by atoms with Gasteiger partial charge in [-0.15, -0.1) is 0 Å². The summed E-state index contributed by atoms with van der Waals surface area (Å²) < 4.78 is 14.9. The van der Waals surface area contributed by atoms with Gasteiger partial charge in [0.05, 0.1) is 11.8 Å². The lowest BCUT2D eigenvalue weighted by Gasteiger charge is -2.29. The minimum atomic E-state index is -1.09. The fourth-order valence-electron chi connectivity index (χ4n) is 3.86. The molecule has 0 spiro atoms. The van der Waals surface area contributed by atoms with Crippen molar-refractivity contribution in [3.8, 4) is 0 Å². The van der Waals surface area contributed by atoms with E-state index in [1.807, 2.05) is 0 Å². The van der Waals surface area contributed by atoms with Gasteiger partial charge >= 0.3 is 23.9 Å². The van der Waals surface area contributed by atoms with E-state index in [1.54, 1.807) is 0 Å². The number of aliphatic carboxylic acids is 1. The van der Waals surface area contributed by atoms with Gasteiger partial charge in [-0.3, -0.25) is 9.59 Å². The fourth-order valence-corrected chi connectivity index (χ4v) is 3.86. The average Bonchev–Trinajstić information content (AvgIpc) is 3.07. The van der Waals surface area contributed by atoms with Gasteiger partial charge in [0, 0.05) is 17.9 Å². The minimum absolute atomic E-state index is 0.230. The minimum Gasteiger partial charge on any atom is -0.481 e. The van der Waals surface area contributed by atoms with Gasteiger partial charge in [-0.05, 0) is 6.42 Å². The third-order valence-electron chi connectivity index (χ3n) is 4.60. The number of rotatable bonds is 5. The van der Waals surface area contributed by atoms with Crippen LogP contribution in [0.15, 0.2) is 12.7 Å². The van der Waals surface area contributed by atoms with Crippen molar-refractivity contribution in [2.24, 2.45) is 23.7 Å². The Labute approximate surface area is 125 Å². The number of ether oxygens (including phenoxy) is 3. The van der Waals surface area contributed by atoms with E-state index in [2.05, 4.69) is 11.3 Å². The Balaban J connectivity index is 1.69. The number of carboxylic acid groups (broad SMARTS) is 1. The molecule has 3 rings (SSSR count). The zero-order valence-electron chi connectivity index (χ0n) is 11.5. The molecule has 0 aromatic rings. The van der Waals surface area contributed by atoms with Crippen LogP contribution < -0.4 is 0 Å². The molecule has 1 saturated heterocycles. The number of carbonyl (C=O) groups excluding carboxylic acids is 3. The van der Waals surface area contributed by atoms with Gasteiger partial charge in [0.1, 0.15) is 12.2 Å². The standard InChI is InChI=1S/C14H14O8/c1-2-7(15)20-4-8(16)21-11-5-3-6-10(9(5)13(17)18)14(19)22-12(6)11/h2,5-6,9-12H,1,3-4H2,(H,17,18). The van der Waals surface area contributed by atoms with Crippen molar-refractivity contribution >= 4 is 23.9 Å². The molecule has 0 aromatic heterocycles. The summed E-state index contributed by atoms with van der Waals surface area (Å²) in [6.45, 7) is 2.60. The van der Waals surface area contributed by atoms with Crippen molar-refractivity contribution in [3.63, 3.8) is 0 Å². The number of carbonyl (C=O) groups is 4. The predicted octanol–water partition coefficient (Wildman–Crippen LogP) is -0.480. The molecule has 2 bridgehead atoms. The van der Waals surface area contributed by atoms with E-state index in [1.165, 1.54) is 0 Å². The van der Waals surface area contributed by atoms with Gasteiger partial charge in [0.15, 0.2) is 6.61 Å². The number of carboxylic acids is 1. The highest BCUT2D eigenvalue weighted by atomic mass is 16.6. The largest absolute Gasteiger partial charge is 0.481 e. The lowest BCUT2D eigenvalue weighted by atomic mass is 9.78. The molecule has 0 amide bonds. The smallest absolute Gasteiger partial charge is 0.344 e. The summed E-state index contributed by atoms with van der Waals surface area (Å²) in [4.78, 5) is 45.8. The molecule has 0 radical (unpaired) electrons. The van der Waals surface area contributed by atoms with Gasteiger partial charge < -0.3 is 19.3 Å². The Morgan fingerprint density at radius 2 is 2.09 bits per heavy atom. The molecule has 0 aromatic carbocycles. The van der Waals surface area contributed by atoms with E-state index in [4.69, 9.17) is 9.47 Å². The molecule has 6 unspecified atom stereocenters. The van der Waals surface area contributed by atoms with Crippen LogP contribution in [0.2, 0.25) is 0 Å². The summed E-state index contributed by atoms with van der Waals surface area (Å²) in [5, 5.41) is 9.30.